The quantitative estimate of drug-likeness (QED) is 0.696. The van der Waals surface area contributed by atoms with Gasteiger partial charge in [0.05, 0.1) is 5.56 Å². The molecule has 4 nitrogen and oxygen atoms in total. The van der Waals surface area contributed by atoms with E-state index in [-0.39, 0.29) is 5.91 Å². The van der Waals surface area contributed by atoms with Crippen LogP contribution in [0.3, 0.4) is 0 Å². The molecule has 1 aromatic rings. The van der Waals surface area contributed by atoms with Crippen LogP contribution in [0.25, 0.3) is 0 Å². The van der Waals surface area contributed by atoms with Gasteiger partial charge >= 0.3 is 0 Å². The van der Waals surface area contributed by atoms with Crippen LogP contribution in [-0.4, -0.2) is 28.8 Å². The summed E-state index contributed by atoms with van der Waals surface area (Å²) < 4.78 is 1.79. The van der Waals surface area contributed by atoms with E-state index in [2.05, 4.69) is 0 Å². The minimum absolute atomic E-state index is 0.270. The van der Waals surface area contributed by atoms with Gasteiger partial charge in [0.15, 0.2) is 0 Å². The van der Waals surface area contributed by atoms with Gasteiger partial charge in [-0.2, -0.15) is 0 Å². The van der Waals surface area contributed by atoms with Crippen molar-refractivity contribution in [3.63, 3.8) is 0 Å². The molecule has 0 bridgehead atoms. The summed E-state index contributed by atoms with van der Waals surface area (Å²) in [6, 6.07) is 0. The normalized spacial score (nSPS) is 8.87. The fourth-order valence-corrected chi connectivity index (χ4v) is 1.18. The van der Waals surface area contributed by atoms with Crippen molar-refractivity contribution in [2.75, 3.05) is 7.05 Å². The van der Waals surface area contributed by atoms with Crippen LogP contribution >= 0.6 is 0 Å². The van der Waals surface area contributed by atoms with Gasteiger partial charge in [0, 0.05) is 26.5 Å². The minimum Gasteiger partial charge on any atom is -0.356 e. The standard InChI is InChI=1S/C9H12N2O2.C2H6/c1-7-4-10(2)5-8(7)9(13)11(3)6-12;1-2/h4-6H,1-3H3;1-2H3. The third-order valence-electron chi connectivity index (χ3n) is 1.86. The highest BCUT2D eigenvalue weighted by Gasteiger charge is 2.14. The SMILES string of the molecule is CC.Cc1cn(C)cc1C(=O)N(C)C=O. The summed E-state index contributed by atoms with van der Waals surface area (Å²) in [4.78, 5) is 22.9. The topological polar surface area (TPSA) is 42.3 Å². The van der Waals surface area contributed by atoms with Gasteiger partial charge in [0.2, 0.25) is 6.41 Å². The number of carbonyl (C=O) groups excluding carboxylic acids is 2. The molecule has 0 aliphatic rings. The molecule has 2 amide bonds. The lowest BCUT2D eigenvalue weighted by Gasteiger charge is -2.07. The lowest BCUT2D eigenvalue weighted by Crippen LogP contribution is -2.25. The first-order valence-electron chi connectivity index (χ1n) is 4.91. The van der Waals surface area contributed by atoms with E-state index >= 15 is 0 Å². The highest BCUT2D eigenvalue weighted by molar-refractivity contribution is 6.00. The number of aryl methyl sites for hydroxylation is 2. The third-order valence-corrected chi connectivity index (χ3v) is 1.86. The van der Waals surface area contributed by atoms with Crippen molar-refractivity contribution in [3.8, 4) is 0 Å². The summed E-state index contributed by atoms with van der Waals surface area (Å²) >= 11 is 0. The van der Waals surface area contributed by atoms with E-state index in [1.807, 2.05) is 34.0 Å². The molecule has 0 atom stereocenters. The van der Waals surface area contributed by atoms with Crippen molar-refractivity contribution in [1.29, 1.82) is 0 Å². The van der Waals surface area contributed by atoms with Crippen LogP contribution in [0.1, 0.15) is 29.8 Å². The maximum Gasteiger partial charge on any atom is 0.261 e. The second-order valence-electron chi connectivity index (χ2n) is 3.04. The molecule has 1 heterocycles. The first kappa shape index (κ1) is 13.4. The van der Waals surface area contributed by atoms with E-state index < -0.39 is 0 Å². The maximum atomic E-state index is 11.5. The molecule has 15 heavy (non-hydrogen) atoms. The Hall–Kier alpha value is -1.58. The van der Waals surface area contributed by atoms with E-state index in [1.54, 1.807) is 10.8 Å². The van der Waals surface area contributed by atoms with Gasteiger partial charge < -0.3 is 4.57 Å². The molecule has 4 heteroatoms. The van der Waals surface area contributed by atoms with Crippen LogP contribution in [-0.2, 0) is 11.8 Å². The zero-order valence-corrected chi connectivity index (χ0v) is 9.94. The lowest BCUT2D eigenvalue weighted by atomic mass is 10.2. The van der Waals surface area contributed by atoms with Gasteiger partial charge in [-0.1, -0.05) is 13.8 Å². The average molecular weight is 210 g/mol. The summed E-state index contributed by atoms with van der Waals surface area (Å²) in [5, 5.41) is 0. The van der Waals surface area contributed by atoms with Crippen molar-refractivity contribution >= 4 is 12.3 Å². The molecule has 84 valence electrons. The molecule has 0 fully saturated rings. The van der Waals surface area contributed by atoms with E-state index in [4.69, 9.17) is 0 Å². The first-order chi connectivity index (χ1) is 7.06. The highest BCUT2D eigenvalue weighted by Crippen LogP contribution is 2.09. The molecule has 1 aromatic heterocycles. The molecule has 0 unspecified atom stereocenters. The molecule has 0 radical (unpaired) electrons. The van der Waals surface area contributed by atoms with E-state index in [1.165, 1.54) is 7.05 Å². The first-order valence-corrected chi connectivity index (χ1v) is 4.91. The molecular weight excluding hydrogens is 192 g/mol. The Kier molecular flexibility index (Phi) is 5.37. The van der Waals surface area contributed by atoms with Crippen LogP contribution in [0, 0.1) is 6.92 Å². The van der Waals surface area contributed by atoms with Crippen molar-refractivity contribution in [2.45, 2.75) is 20.8 Å². The summed E-state index contributed by atoms with van der Waals surface area (Å²) in [6.07, 6.45) is 4.05. The lowest BCUT2D eigenvalue weighted by molar-refractivity contribution is -0.115. The van der Waals surface area contributed by atoms with Gasteiger partial charge in [-0.3, -0.25) is 14.5 Å². The van der Waals surface area contributed by atoms with Crippen LogP contribution in [0.5, 0.6) is 0 Å². The molecule has 0 spiro atoms. The van der Waals surface area contributed by atoms with Gasteiger partial charge in [-0.15, -0.1) is 0 Å². The zero-order valence-electron chi connectivity index (χ0n) is 9.94. The van der Waals surface area contributed by atoms with Crippen molar-refractivity contribution in [3.05, 3.63) is 23.5 Å². The number of rotatable bonds is 2. The third kappa shape index (κ3) is 3.23. The van der Waals surface area contributed by atoms with E-state index in [0.29, 0.717) is 12.0 Å². The fourth-order valence-electron chi connectivity index (χ4n) is 1.18. The second-order valence-corrected chi connectivity index (χ2v) is 3.04. The molecule has 0 aliphatic carbocycles. The Morgan fingerprint density at radius 1 is 1.40 bits per heavy atom. The Morgan fingerprint density at radius 3 is 2.27 bits per heavy atom. The number of carbonyl (C=O) groups is 2. The highest BCUT2D eigenvalue weighted by atomic mass is 16.2. The number of aromatic nitrogens is 1. The number of amides is 2. The number of hydrogen-bond acceptors (Lipinski definition) is 2. The van der Waals surface area contributed by atoms with Crippen LogP contribution in [0.15, 0.2) is 12.4 Å². The number of imide groups is 1. The summed E-state index contributed by atoms with van der Waals surface area (Å²) in [7, 11) is 3.28. The van der Waals surface area contributed by atoms with Crippen LogP contribution in [0.2, 0.25) is 0 Å². The molecule has 0 saturated heterocycles. The molecule has 0 N–H and O–H groups in total. The van der Waals surface area contributed by atoms with Crippen molar-refractivity contribution in [2.24, 2.45) is 7.05 Å². The average Bonchev–Trinajstić information content (AvgIpc) is 2.58. The Labute approximate surface area is 90.5 Å². The van der Waals surface area contributed by atoms with Crippen molar-refractivity contribution < 1.29 is 9.59 Å². The van der Waals surface area contributed by atoms with Gasteiger partial charge in [-0.25, -0.2) is 0 Å². The molecule has 1 rings (SSSR count). The van der Waals surface area contributed by atoms with Crippen molar-refractivity contribution in [1.82, 2.24) is 9.47 Å². The molecule has 0 aromatic carbocycles. The zero-order chi connectivity index (χ0) is 12.0. The smallest absolute Gasteiger partial charge is 0.261 e. The largest absolute Gasteiger partial charge is 0.356 e. The van der Waals surface area contributed by atoms with Gasteiger partial charge in [-0.05, 0) is 12.5 Å². The monoisotopic (exact) mass is 210 g/mol. The minimum atomic E-state index is -0.270. The summed E-state index contributed by atoms with van der Waals surface area (Å²) in [5.41, 5.74) is 1.44. The van der Waals surface area contributed by atoms with Crippen LogP contribution in [0.4, 0.5) is 0 Å². The van der Waals surface area contributed by atoms with Gasteiger partial charge in [0.1, 0.15) is 0 Å². The Bertz CT molecular complexity index is 342. The predicted octanol–water partition coefficient (Wildman–Crippen LogP) is 1.59. The maximum absolute atomic E-state index is 11.5. The fraction of sp³-hybridized carbons (Fsp3) is 0.455. The van der Waals surface area contributed by atoms with Crippen LogP contribution < -0.4 is 0 Å². The molecule has 0 saturated carbocycles. The van der Waals surface area contributed by atoms with Gasteiger partial charge in [0.25, 0.3) is 5.91 Å². The molecule has 0 aliphatic heterocycles. The van der Waals surface area contributed by atoms with E-state index in [9.17, 15) is 9.59 Å². The Balaban J connectivity index is 0.000000921. The summed E-state index contributed by atoms with van der Waals surface area (Å²) in [6.45, 7) is 5.84. The predicted molar refractivity (Wildman–Crippen MR) is 59.7 cm³/mol. The molecular formula is C11H18N2O2. The number of hydrogen-bond donors (Lipinski definition) is 0. The number of nitrogens with zero attached hydrogens (tertiary/aromatic N) is 2. The second kappa shape index (κ2) is 6.01. The Morgan fingerprint density at radius 2 is 1.93 bits per heavy atom. The van der Waals surface area contributed by atoms with E-state index in [0.717, 1.165) is 10.5 Å². The summed E-state index contributed by atoms with van der Waals surface area (Å²) in [5.74, 6) is -0.270.